The lowest BCUT2D eigenvalue weighted by Gasteiger charge is -2.27. The van der Waals surface area contributed by atoms with Gasteiger partial charge in [-0.2, -0.15) is 0 Å². The molecular formula is C25H21FN2O6. The number of carbonyl (C=O) groups excluding carboxylic acids is 3. The van der Waals surface area contributed by atoms with Gasteiger partial charge in [-0.25, -0.2) is 14.0 Å². The highest BCUT2D eigenvalue weighted by atomic mass is 19.1. The summed E-state index contributed by atoms with van der Waals surface area (Å²) >= 11 is 0. The zero-order valence-electron chi connectivity index (χ0n) is 18.2. The van der Waals surface area contributed by atoms with Gasteiger partial charge in [-0.05, 0) is 67.6 Å². The Morgan fingerprint density at radius 3 is 2.32 bits per heavy atom. The van der Waals surface area contributed by atoms with E-state index in [0.717, 1.165) is 0 Å². The Kier molecular flexibility index (Phi) is 6.72. The Morgan fingerprint density at radius 1 is 1.03 bits per heavy atom. The molecule has 0 bridgehead atoms. The molecule has 0 aliphatic carbocycles. The largest absolute Gasteiger partial charge is 0.487 e. The van der Waals surface area contributed by atoms with Gasteiger partial charge < -0.3 is 24.5 Å². The predicted octanol–water partition coefficient (Wildman–Crippen LogP) is 3.90. The van der Waals surface area contributed by atoms with Crippen LogP contribution in [0.5, 0.6) is 5.75 Å². The molecule has 9 heteroatoms. The van der Waals surface area contributed by atoms with E-state index >= 15 is 0 Å². The molecule has 3 aromatic rings. The molecule has 1 aromatic heterocycles. The van der Waals surface area contributed by atoms with Crippen molar-refractivity contribution in [2.45, 2.75) is 13.0 Å². The zero-order valence-corrected chi connectivity index (χ0v) is 18.2. The zero-order chi connectivity index (χ0) is 24.1. The van der Waals surface area contributed by atoms with E-state index in [0.29, 0.717) is 22.6 Å². The summed E-state index contributed by atoms with van der Waals surface area (Å²) in [6.45, 7) is 1.70. The van der Waals surface area contributed by atoms with Crippen molar-refractivity contribution < 1.29 is 32.7 Å². The molecule has 174 valence electrons. The van der Waals surface area contributed by atoms with Crippen LogP contribution in [0, 0.1) is 5.82 Å². The van der Waals surface area contributed by atoms with E-state index in [1.807, 2.05) is 0 Å². The summed E-state index contributed by atoms with van der Waals surface area (Å²) in [5, 5.41) is 5.26. The summed E-state index contributed by atoms with van der Waals surface area (Å²) in [4.78, 5) is 37.5. The second-order valence-electron chi connectivity index (χ2n) is 7.31. The monoisotopic (exact) mass is 464 g/mol. The third kappa shape index (κ3) is 4.98. The number of esters is 1. The van der Waals surface area contributed by atoms with Crippen molar-refractivity contribution in [3.63, 3.8) is 0 Å². The van der Waals surface area contributed by atoms with Crippen LogP contribution in [0.25, 0.3) is 0 Å². The first-order valence-electron chi connectivity index (χ1n) is 10.5. The Hall–Kier alpha value is -4.40. The molecule has 1 aliphatic heterocycles. The molecule has 1 aliphatic rings. The fourth-order valence-electron chi connectivity index (χ4n) is 3.48. The Morgan fingerprint density at radius 2 is 1.71 bits per heavy atom. The number of carbonyl (C=O) groups is 3. The average molecular weight is 464 g/mol. The lowest BCUT2D eigenvalue weighted by Crippen LogP contribution is -2.47. The third-order valence-electron chi connectivity index (χ3n) is 5.08. The second-order valence-corrected chi connectivity index (χ2v) is 7.31. The molecule has 0 radical (unpaired) electrons. The molecule has 0 saturated heterocycles. The van der Waals surface area contributed by atoms with Gasteiger partial charge in [0, 0.05) is 11.1 Å². The summed E-state index contributed by atoms with van der Waals surface area (Å²) in [6.07, 6.45) is 1.44. The smallest absolute Gasteiger partial charge is 0.338 e. The van der Waals surface area contributed by atoms with Gasteiger partial charge in [0.25, 0.3) is 0 Å². The van der Waals surface area contributed by atoms with Gasteiger partial charge in [-0.3, -0.25) is 4.79 Å². The van der Waals surface area contributed by atoms with Gasteiger partial charge in [0.15, 0.2) is 5.78 Å². The quantitative estimate of drug-likeness (QED) is 0.387. The summed E-state index contributed by atoms with van der Waals surface area (Å²) in [5.74, 6) is -0.509. The fraction of sp³-hybridized carbons (Fsp3) is 0.160. The van der Waals surface area contributed by atoms with Crippen LogP contribution in [0.1, 0.15) is 34.6 Å². The number of halogens is 1. The molecule has 2 aromatic carbocycles. The van der Waals surface area contributed by atoms with Crippen LogP contribution in [0.3, 0.4) is 0 Å². The van der Waals surface area contributed by atoms with Gasteiger partial charge in [-0.15, -0.1) is 0 Å². The number of furan rings is 1. The molecule has 8 nitrogen and oxygen atoms in total. The van der Waals surface area contributed by atoms with Gasteiger partial charge in [0.2, 0.25) is 0 Å². The average Bonchev–Trinajstić information content (AvgIpc) is 3.38. The molecule has 0 saturated carbocycles. The molecule has 0 spiro atoms. The molecule has 2 amide bonds. The van der Waals surface area contributed by atoms with Crippen LogP contribution in [-0.2, 0) is 9.53 Å². The number of hydrogen-bond acceptors (Lipinski definition) is 6. The number of ketones is 1. The minimum Gasteiger partial charge on any atom is -0.487 e. The Balaban J connectivity index is 1.53. The number of ether oxygens (including phenoxy) is 2. The van der Waals surface area contributed by atoms with Crippen molar-refractivity contribution in [2.24, 2.45) is 0 Å². The topological polar surface area (TPSA) is 107 Å². The first kappa shape index (κ1) is 22.8. The summed E-state index contributed by atoms with van der Waals surface area (Å²) in [7, 11) is 0. The standard InChI is InChI=1S/C25H21FN2O6/c1-2-32-24(30)21-19(27-25(31)28-22(21)20-4-3-13-33-20)14-34-18-11-7-16(8-12-18)23(29)15-5-9-17(26)10-6-15/h3-13,22H,2,14H2,1H3,(H2,27,28,31)/t22-/m1/s1. The number of amides is 2. The molecule has 0 fully saturated rings. The number of hydrogen-bond donors (Lipinski definition) is 2. The van der Waals surface area contributed by atoms with Crippen molar-refractivity contribution in [1.29, 1.82) is 0 Å². The summed E-state index contributed by atoms with van der Waals surface area (Å²) < 4.78 is 29.4. The van der Waals surface area contributed by atoms with Gasteiger partial charge >= 0.3 is 12.0 Å². The minimum atomic E-state index is -0.836. The first-order chi connectivity index (χ1) is 16.5. The SMILES string of the molecule is CCOC(=O)C1=C(COc2ccc(C(=O)c3ccc(F)cc3)cc2)NC(=O)N[C@@H]1c1ccco1. The maximum absolute atomic E-state index is 13.1. The van der Waals surface area contributed by atoms with Crippen LogP contribution >= 0.6 is 0 Å². The number of nitrogens with one attached hydrogen (secondary N) is 2. The van der Waals surface area contributed by atoms with E-state index < -0.39 is 23.9 Å². The highest BCUT2D eigenvalue weighted by Gasteiger charge is 2.35. The molecule has 2 heterocycles. The second kappa shape index (κ2) is 10.0. The lowest BCUT2D eigenvalue weighted by molar-refractivity contribution is -0.139. The molecule has 1 atom stereocenters. The molecule has 4 rings (SSSR count). The molecule has 0 unspecified atom stereocenters. The molecule has 34 heavy (non-hydrogen) atoms. The third-order valence-corrected chi connectivity index (χ3v) is 5.08. The van der Waals surface area contributed by atoms with Crippen molar-refractivity contribution in [2.75, 3.05) is 13.2 Å². The highest BCUT2D eigenvalue weighted by molar-refractivity contribution is 6.09. The first-order valence-corrected chi connectivity index (χ1v) is 10.5. The van der Waals surface area contributed by atoms with E-state index in [9.17, 15) is 18.8 Å². The van der Waals surface area contributed by atoms with Crippen LogP contribution in [-0.4, -0.2) is 31.0 Å². The van der Waals surface area contributed by atoms with E-state index in [2.05, 4.69) is 10.6 Å². The van der Waals surface area contributed by atoms with Crippen LogP contribution in [0.2, 0.25) is 0 Å². The molecule has 2 N–H and O–H groups in total. The van der Waals surface area contributed by atoms with E-state index in [1.54, 1.807) is 43.3 Å². The summed E-state index contributed by atoms with van der Waals surface area (Å²) in [6, 6.07) is 13.6. The lowest BCUT2D eigenvalue weighted by atomic mass is 10.0. The fourth-order valence-corrected chi connectivity index (χ4v) is 3.48. The van der Waals surface area contributed by atoms with Gasteiger partial charge in [0.05, 0.1) is 24.1 Å². The van der Waals surface area contributed by atoms with Gasteiger partial charge in [0.1, 0.15) is 30.0 Å². The van der Waals surface area contributed by atoms with Crippen molar-refractivity contribution in [1.82, 2.24) is 10.6 Å². The minimum absolute atomic E-state index is 0.135. The van der Waals surface area contributed by atoms with Crippen molar-refractivity contribution in [3.05, 3.63) is 101 Å². The number of rotatable bonds is 8. The maximum Gasteiger partial charge on any atom is 0.338 e. The van der Waals surface area contributed by atoms with Gasteiger partial charge in [-0.1, -0.05) is 0 Å². The number of benzene rings is 2. The van der Waals surface area contributed by atoms with E-state index in [1.165, 1.54) is 30.5 Å². The maximum atomic E-state index is 13.1. The van der Waals surface area contributed by atoms with E-state index in [-0.39, 0.29) is 30.3 Å². The van der Waals surface area contributed by atoms with Crippen LogP contribution < -0.4 is 15.4 Å². The highest BCUT2D eigenvalue weighted by Crippen LogP contribution is 2.28. The van der Waals surface area contributed by atoms with Crippen molar-refractivity contribution in [3.8, 4) is 5.75 Å². The van der Waals surface area contributed by atoms with Crippen molar-refractivity contribution >= 4 is 17.8 Å². The predicted molar refractivity (Wildman–Crippen MR) is 119 cm³/mol. The van der Waals surface area contributed by atoms with E-state index in [4.69, 9.17) is 13.9 Å². The number of urea groups is 1. The van der Waals surface area contributed by atoms with Crippen LogP contribution in [0.15, 0.2) is 82.6 Å². The normalized spacial score (nSPS) is 15.4. The Labute approximate surface area is 194 Å². The summed E-state index contributed by atoms with van der Waals surface area (Å²) in [5.41, 5.74) is 1.16. The Bertz CT molecular complexity index is 1220. The van der Waals surface area contributed by atoms with Crippen LogP contribution in [0.4, 0.5) is 9.18 Å². The molecular weight excluding hydrogens is 443 g/mol.